The Morgan fingerprint density at radius 2 is 1.87 bits per heavy atom. The number of esters is 1. The summed E-state index contributed by atoms with van der Waals surface area (Å²) in [6, 6.07) is 12.9. The summed E-state index contributed by atoms with van der Waals surface area (Å²) in [5.41, 5.74) is 1.23. The molecule has 0 aliphatic rings. The average Bonchev–Trinajstić information content (AvgIpc) is 2.74. The molecule has 0 saturated heterocycles. The molecule has 0 spiro atoms. The minimum absolute atomic E-state index is 0.0838. The Morgan fingerprint density at radius 1 is 1.10 bits per heavy atom. The van der Waals surface area contributed by atoms with Crippen molar-refractivity contribution >= 4 is 17.6 Å². The number of carbonyl (C=O) groups excluding carboxylic acids is 2. The van der Waals surface area contributed by atoms with E-state index in [1.807, 2.05) is 6.92 Å². The van der Waals surface area contributed by atoms with Crippen LogP contribution in [0.4, 0.5) is 10.1 Å². The first-order valence-electron chi connectivity index (χ1n) is 9.96. The van der Waals surface area contributed by atoms with Gasteiger partial charge in [-0.1, -0.05) is 31.3 Å². The summed E-state index contributed by atoms with van der Waals surface area (Å²) in [5, 5.41) is 0. The number of rotatable bonds is 9. The van der Waals surface area contributed by atoms with Crippen molar-refractivity contribution in [2.75, 3.05) is 24.7 Å². The fourth-order valence-electron chi connectivity index (χ4n) is 2.63. The zero-order valence-electron chi connectivity index (χ0n) is 17.3. The van der Waals surface area contributed by atoms with Crippen molar-refractivity contribution in [2.24, 2.45) is 0 Å². The molecular formula is C24H26FNO4. The summed E-state index contributed by atoms with van der Waals surface area (Å²) >= 11 is 0. The van der Waals surface area contributed by atoms with Crippen LogP contribution in [-0.4, -0.2) is 31.6 Å². The highest BCUT2D eigenvalue weighted by Gasteiger charge is 2.14. The molecule has 5 nitrogen and oxygen atoms in total. The first-order chi connectivity index (χ1) is 14.5. The van der Waals surface area contributed by atoms with Gasteiger partial charge in [0.15, 0.2) is 6.61 Å². The van der Waals surface area contributed by atoms with Crippen molar-refractivity contribution in [3.63, 3.8) is 0 Å². The molecule has 1 amide bonds. The van der Waals surface area contributed by atoms with Gasteiger partial charge in [0.2, 0.25) is 5.91 Å². The molecule has 0 bridgehead atoms. The number of nitrogens with zero attached hydrogens (tertiary/aromatic N) is 1. The molecule has 0 N–H and O–H groups in total. The van der Waals surface area contributed by atoms with Crippen molar-refractivity contribution in [1.29, 1.82) is 0 Å². The van der Waals surface area contributed by atoms with Gasteiger partial charge in [0, 0.05) is 17.7 Å². The lowest BCUT2D eigenvalue weighted by Gasteiger charge is -2.20. The first kappa shape index (κ1) is 23.0. The molecule has 0 fully saturated rings. The minimum Gasteiger partial charge on any atom is -0.482 e. The van der Waals surface area contributed by atoms with Crippen molar-refractivity contribution in [3.8, 4) is 17.6 Å². The van der Waals surface area contributed by atoms with Gasteiger partial charge in [0.1, 0.15) is 11.6 Å². The molecule has 30 heavy (non-hydrogen) atoms. The smallest absolute Gasteiger partial charge is 0.344 e. The Balaban J connectivity index is 2.03. The summed E-state index contributed by atoms with van der Waals surface area (Å²) in [7, 11) is 0. The van der Waals surface area contributed by atoms with Crippen LogP contribution in [0, 0.1) is 17.7 Å². The predicted molar refractivity (Wildman–Crippen MR) is 114 cm³/mol. The van der Waals surface area contributed by atoms with Crippen LogP contribution in [0.15, 0.2) is 48.5 Å². The summed E-state index contributed by atoms with van der Waals surface area (Å²) in [6.45, 7) is 4.07. The van der Waals surface area contributed by atoms with Crippen molar-refractivity contribution < 1.29 is 23.5 Å². The highest BCUT2D eigenvalue weighted by molar-refractivity contribution is 5.93. The summed E-state index contributed by atoms with van der Waals surface area (Å²) in [5.74, 6) is 5.61. The topological polar surface area (TPSA) is 55.8 Å². The lowest BCUT2D eigenvalue weighted by atomic mass is 10.2. The van der Waals surface area contributed by atoms with Crippen LogP contribution in [-0.2, 0) is 14.3 Å². The van der Waals surface area contributed by atoms with E-state index in [1.54, 1.807) is 43.3 Å². The third kappa shape index (κ3) is 7.59. The van der Waals surface area contributed by atoms with Crippen LogP contribution in [0.1, 0.15) is 38.7 Å². The monoisotopic (exact) mass is 411 g/mol. The van der Waals surface area contributed by atoms with E-state index in [1.165, 1.54) is 17.0 Å². The Bertz CT molecular complexity index is 899. The van der Waals surface area contributed by atoms with E-state index >= 15 is 0 Å². The van der Waals surface area contributed by atoms with Crippen LogP contribution in [0.5, 0.6) is 5.75 Å². The van der Waals surface area contributed by atoms with Gasteiger partial charge in [0.05, 0.1) is 13.2 Å². The molecule has 0 atom stereocenters. The molecule has 0 unspecified atom stereocenters. The van der Waals surface area contributed by atoms with Gasteiger partial charge < -0.3 is 14.4 Å². The van der Waals surface area contributed by atoms with Crippen molar-refractivity contribution in [1.82, 2.24) is 0 Å². The van der Waals surface area contributed by atoms with Gasteiger partial charge >= 0.3 is 5.97 Å². The van der Waals surface area contributed by atoms with Crippen LogP contribution >= 0.6 is 0 Å². The van der Waals surface area contributed by atoms with Gasteiger partial charge in [-0.2, -0.15) is 0 Å². The maximum Gasteiger partial charge on any atom is 0.344 e. The lowest BCUT2D eigenvalue weighted by molar-refractivity contribution is -0.145. The number of anilines is 1. The SMILES string of the molecule is CCCCC(=O)N(CC#Cc1ccc(OCC(=O)OCC)cc1)c1cccc(F)c1. The fraction of sp³-hybridized carbons (Fsp3) is 0.333. The largest absolute Gasteiger partial charge is 0.482 e. The van der Waals surface area contributed by atoms with Gasteiger partial charge in [-0.15, -0.1) is 0 Å². The van der Waals surface area contributed by atoms with Crippen molar-refractivity contribution in [3.05, 3.63) is 59.9 Å². The van der Waals surface area contributed by atoms with E-state index in [-0.39, 0.29) is 19.1 Å². The third-order valence-corrected chi connectivity index (χ3v) is 4.15. The molecule has 0 saturated carbocycles. The van der Waals surface area contributed by atoms with E-state index in [0.717, 1.165) is 18.4 Å². The summed E-state index contributed by atoms with van der Waals surface area (Å²) in [4.78, 5) is 25.4. The molecule has 0 aliphatic heterocycles. The molecule has 2 aromatic carbocycles. The molecular weight excluding hydrogens is 385 g/mol. The predicted octanol–water partition coefficient (Wildman–Crippen LogP) is 4.34. The quantitative estimate of drug-likeness (QED) is 0.455. The van der Waals surface area contributed by atoms with Crippen LogP contribution in [0.3, 0.4) is 0 Å². The van der Waals surface area contributed by atoms with Crippen LogP contribution in [0.2, 0.25) is 0 Å². The van der Waals surface area contributed by atoms with Crippen LogP contribution in [0.25, 0.3) is 0 Å². The molecule has 0 heterocycles. The normalized spacial score (nSPS) is 9.97. The number of benzene rings is 2. The number of ether oxygens (including phenoxy) is 2. The number of carbonyl (C=O) groups is 2. The van der Waals surface area contributed by atoms with E-state index in [4.69, 9.17) is 9.47 Å². The zero-order chi connectivity index (χ0) is 21.8. The van der Waals surface area contributed by atoms with Crippen LogP contribution < -0.4 is 9.64 Å². The van der Waals surface area contributed by atoms with E-state index in [9.17, 15) is 14.0 Å². The Kier molecular flexibility index (Phi) is 9.39. The second-order valence-electron chi connectivity index (χ2n) is 6.48. The average molecular weight is 411 g/mol. The van der Waals surface area contributed by atoms with E-state index < -0.39 is 11.8 Å². The van der Waals surface area contributed by atoms with Gasteiger partial charge in [-0.25, -0.2) is 9.18 Å². The second kappa shape index (κ2) is 12.3. The number of amides is 1. The Morgan fingerprint density at radius 3 is 2.53 bits per heavy atom. The zero-order valence-corrected chi connectivity index (χ0v) is 17.3. The Hall–Kier alpha value is -3.33. The summed E-state index contributed by atoms with van der Waals surface area (Å²) < 4.78 is 23.8. The second-order valence-corrected chi connectivity index (χ2v) is 6.48. The highest BCUT2D eigenvalue weighted by Crippen LogP contribution is 2.17. The molecule has 2 rings (SSSR count). The summed E-state index contributed by atoms with van der Waals surface area (Å²) in [6.07, 6.45) is 2.06. The maximum atomic E-state index is 13.6. The van der Waals surface area contributed by atoms with Gasteiger partial charge in [-0.3, -0.25) is 4.79 Å². The van der Waals surface area contributed by atoms with E-state index in [2.05, 4.69) is 11.8 Å². The molecule has 6 heteroatoms. The highest BCUT2D eigenvalue weighted by atomic mass is 19.1. The molecule has 2 aromatic rings. The number of hydrogen-bond acceptors (Lipinski definition) is 4. The van der Waals surface area contributed by atoms with E-state index in [0.29, 0.717) is 24.5 Å². The third-order valence-electron chi connectivity index (χ3n) is 4.15. The standard InChI is InChI=1S/C24H26FNO4/c1-3-5-11-23(27)26(21-10-6-9-20(25)17-21)16-7-8-19-12-14-22(15-13-19)30-18-24(28)29-4-2/h6,9-10,12-15,17H,3-5,11,16,18H2,1-2H3. The number of halogens is 1. The lowest BCUT2D eigenvalue weighted by Crippen LogP contribution is -2.31. The number of unbranched alkanes of at least 4 members (excludes halogenated alkanes) is 1. The minimum atomic E-state index is -0.424. The van der Waals surface area contributed by atoms with Crippen molar-refractivity contribution in [2.45, 2.75) is 33.1 Å². The molecule has 0 aliphatic carbocycles. The fourth-order valence-corrected chi connectivity index (χ4v) is 2.63. The van der Waals surface area contributed by atoms with Gasteiger partial charge in [-0.05, 0) is 55.8 Å². The maximum absolute atomic E-state index is 13.6. The van der Waals surface area contributed by atoms with Gasteiger partial charge in [0.25, 0.3) is 0 Å². The molecule has 158 valence electrons. The Labute approximate surface area is 176 Å². The molecule has 0 radical (unpaired) electrons. The number of hydrogen-bond donors (Lipinski definition) is 0. The molecule has 0 aromatic heterocycles. The first-order valence-corrected chi connectivity index (χ1v) is 9.96.